The molecule has 18 heavy (non-hydrogen) atoms. The summed E-state index contributed by atoms with van der Waals surface area (Å²) in [6.45, 7) is 2.07. The molecule has 0 bridgehead atoms. The van der Waals surface area contributed by atoms with Gasteiger partial charge in [0.05, 0.1) is 5.69 Å². The monoisotopic (exact) mass is 306 g/mol. The van der Waals surface area contributed by atoms with E-state index in [-0.39, 0.29) is 6.04 Å². The highest BCUT2D eigenvalue weighted by Gasteiger charge is 2.07. The Balaban J connectivity index is 2.16. The first-order valence-electron chi connectivity index (χ1n) is 5.60. The number of hydrogen-bond donors (Lipinski definition) is 3. The molecule has 2 aromatic rings. The van der Waals surface area contributed by atoms with Crippen LogP contribution in [0.3, 0.4) is 0 Å². The van der Waals surface area contributed by atoms with Gasteiger partial charge in [-0.2, -0.15) is 0 Å². The Morgan fingerprint density at radius 3 is 2.67 bits per heavy atom. The lowest BCUT2D eigenvalue weighted by atomic mass is 10.1. The van der Waals surface area contributed by atoms with Crippen molar-refractivity contribution in [3.05, 3.63) is 46.4 Å². The fourth-order valence-electron chi connectivity index (χ4n) is 1.65. The summed E-state index contributed by atoms with van der Waals surface area (Å²) in [5, 5.41) is 3.29. The maximum absolute atomic E-state index is 5.68. The van der Waals surface area contributed by atoms with Crippen LogP contribution in [0, 0.1) is 0 Å². The van der Waals surface area contributed by atoms with Crippen LogP contribution in [0.2, 0.25) is 0 Å². The average Bonchev–Trinajstić information content (AvgIpc) is 2.34. The van der Waals surface area contributed by atoms with E-state index in [2.05, 4.69) is 45.3 Å². The number of nitrogen functional groups attached to an aromatic ring is 2. The van der Waals surface area contributed by atoms with Gasteiger partial charge in [-0.3, -0.25) is 0 Å². The molecule has 0 fully saturated rings. The van der Waals surface area contributed by atoms with Gasteiger partial charge in [-0.1, -0.05) is 28.1 Å². The highest BCUT2D eigenvalue weighted by Crippen LogP contribution is 2.22. The van der Waals surface area contributed by atoms with E-state index in [9.17, 15) is 0 Å². The van der Waals surface area contributed by atoms with Gasteiger partial charge in [0.1, 0.15) is 11.6 Å². The van der Waals surface area contributed by atoms with Crippen molar-refractivity contribution in [2.75, 3.05) is 16.8 Å². The minimum absolute atomic E-state index is 0.137. The predicted molar refractivity (Wildman–Crippen MR) is 79.2 cm³/mol. The molecule has 1 aromatic heterocycles. The van der Waals surface area contributed by atoms with Gasteiger partial charge in [-0.25, -0.2) is 4.98 Å². The number of nitrogens with zero attached hydrogens (tertiary/aromatic N) is 1. The summed E-state index contributed by atoms with van der Waals surface area (Å²) in [7, 11) is 0. The molecular weight excluding hydrogens is 292 g/mol. The molecule has 5 heteroatoms. The minimum Gasteiger partial charge on any atom is -0.396 e. The zero-order valence-electron chi connectivity index (χ0n) is 10.0. The summed E-state index contributed by atoms with van der Waals surface area (Å²) in [5.74, 6) is 1.07. The predicted octanol–water partition coefficient (Wildman–Crippen LogP) is 3.18. The second-order valence-electron chi connectivity index (χ2n) is 4.09. The molecular formula is C13H15BrN4. The maximum atomic E-state index is 5.68. The molecule has 94 valence electrons. The van der Waals surface area contributed by atoms with Crippen molar-refractivity contribution in [3.63, 3.8) is 0 Å². The SMILES string of the molecule is CC(Nc1ccc(N)c(N)n1)c1cccc(Br)c1. The molecule has 2 rings (SSSR count). The lowest BCUT2D eigenvalue weighted by Gasteiger charge is -2.15. The van der Waals surface area contributed by atoms with Gasteiger partial charge < -0.3 is 16.8 Å². The number of rotatable bonds is 3. The van der Waals surface area contributed by atoms with Crippen LogP contribution >= 0.6 is 15.9 Å². The van der Waals surface area contributed by atoms with E-state index in [4.69, 9.17) is 11.5 Å². The van der Waals surface area contributed by atoms with Crippen molar-refractivity contribution >= 4 is 33.3 Å². The van der Waals surface area contributed by atoms with Crippen LogP contribution in [-0.4, -0.2) is 4.98 Å². The second kappa shape index (κ2) is 5.27. The third-order valence-electron chi connectivity index (χ3n) is 2.67. The molecule has 1 aromatic carbocycles. The number of pyridine rings is 1. The van der Waals surface area contributed by atoms with E-state index in [1.165, 1.54) is 5.56 Å². The summed E-state index contributed by atoms with van der Waals surface area (Å²) < 4.78 is 1.05. The highest BCUT2D eigenvalue weighted by molar-refractivity contribution is 9.10. The fourth-order valence-corrected chi connectivity index (χ4v) is 2.06. The van der Waals surface area contributed by atoms with Crippen LogP contribution in [0.5, 0.6) is 0 Å². The van der Waals surface area contributed by atoms with Gasteiger partial charge in [-0.15, -0.1) is 0 Å². The van der Waals surface area contributed by atoms with Crippen molar-refractivity contribution < 1.29 is 0 Å². The normalized spacial score (nSPS) is 12.1. The largest absolute Gasteiger partial charge is 0.396 e. The Bertz CT molecular complexity index is 556. The summed E-state index contributed by atoms with van der Waals surface area (Å²) in [6.07, 6.45) is 0. The standard InChI is InChI=1S/C13H15BrN4/c1-8(9-3-2-4-10(14)7-9)17-12-6-5-11(15)13(16)18-12/h2-8H,15H2,1H3,(H3,16,17,18). The molecule has 0 saturated heterocycles. The van der Waals surface area contributed by atoms with Crippen LogP contribution < -0.4 is 16.8 Å². The number of aromatic nitrogens is 1. The number of nitrogens with two attached hydrogens (primary N) is 2. The first-order chi connectivity index (χ1) is 8.56. The molecule has 1 heterocycles. The number of halogens is 1. The molecule has 0 aliphatic rings. The van der Waals surface area contributed by atoms with E-state index in [1.54, 1.807) is 6.07 Å². The molecule has 5 N–H and O–H groups in total. The van der Waals surface area contributed by atoms with E-state index in [0.29, 0.717) is 17.3 Å². The van der Waals surface area contributed by atoms with Gasteiger partial charge in [0.25, 0.3) is 0 Å². The Morgan fingerprint density at radius 1 is 1.22 bits per heavy atom. The smallest absolute Gasteiger partial charge is 0.149 e. The Kier molecular flexibility index (Phi) is 3.72. The van der Waals surface area contributed by atoms with Crippen molar-refractivity contribution in [2.24, 2.45) is 0 Å². The lowest BCUT2D eigenvalue weighted by Crippen LogP contribution is -2.09. The quantitative estimate of drug-likeness (QED) is 0.814. The summed E-state index contributed by atoms with van der Waals surface area (Å²) in [4.78, 5) is 4.19. The fraction of sp³-hybridized carbons (Fsp3) is 0.154. The molecule has 1 unspecified atom stereocenters. The minimum atomic E-state index is 0.137. The van der Waals surface area contributed by atoms with Crippen LogP contribution in [0.15, 0.2) is 40.9 Å². The topological polar surface area (TPSA) is 77.0 Å². The number of benzene rings is 1. The molecule has 0 aliphatic carbocycles. The third kappa shape index (κ3) is 2.92. The van der Waals surface area contributed by atoms with Crippen LogP contribution in [0.25, 0.3) is 0 Å². The first-order valence-corrected chi connectivity index (χ1v) is 6.39. The summed E-state index contributed by atoms with van der Waals surface area (Å²) in [5.41, 5.74) is 13.0. The Morgan fingerprint density at radius 2 is 2.00 bits per heavy atom. The molecule has 0 aliphatic heterocycles. The molecule has 1 atom stereocenters. The highest BCUT2D eigenvalue weighted by atomic mass is 79.9. The van der Waals surface area contributed by atoms with Crippen molar-refractivity contribution in [3.8, 4) is 0 Å². The molecule has 0 spiro atoms. The van der Waals surface area contributed by atoms with Crippen LogP contribution in [0.4, 0.5) is 17.3 Å². The van der Waals surface area contributed by atoms with Gasteiger partial charge in [-0.05, 0) is 36.8 Å². The van der Waals surface area contributed by atoms with Crippen molar-refractivity contribution in [2.45, 2.75) is 13.0 Å². The molecule has 0 saturated carbocycles. The molecule has 0 radical (unpaired) electrons. The average molecular weight is 307 g/mol. The Hall–Kier alpha value is -1.75. The summed E-state index contributed by atoms with van der Waals surface area (Å²) >= 11 is 3.46. The van der Waals surface area contributed by atoms with Gasteiger partial charge in [0, 0.05) is 10.5 Å². The number of hydrogen-bond acceptors (Lipinski definition) is 4. The van der Waals surface area contributed by atoms with Gasteiger partial charge in [0.2, 0.25) is 0 Å². The van der Waals surface area contributed by atoms with Crippen LogP contribution in [0.1, 0.15) is 18.5 Å². The van der Waals surface area contributed by atoms with Crippen molar-refractivity contribution in [1.29, 1.82) is 0 Å². The van der Waals surface area contributed by atoms with E-state index >= 15 is 0 Å². The lowest BCUT2D eigenvalue weighted by molar-refractivity contribution is 0.874. The van der Waals surface area contributed by atoms with E-state index in [0.717, 1.165) is 4.47 Å². The molecule has 0 amide bonds. The van der Waals surface area contributed by atoms with Crippen LogP contribution in [-0.2, 0) is 0 Å². The van der Waals surface area contributed by atoms with Crippen molar-refractivity contribution in [1.82, 2.24) is 4.98 Å². The first kappa shape index (κ1) is 12.7. The van der Waals surface area contributed by atoms with Gasteiger partial charge >= 0.3 is 0 Å². The van der Waals surface area contributed by atoms with E-state index < -0.39 is 0 Å². The summed E-state index contributed by atoms with van der Waals surface area (Å²) in [6, 6.07) is 11.8. The van der Waals surface area contributed by atoms with E-state index in [1.807, 2.05) is 18.2 Å². The zero-order valence-corrected chi connectivity index (χ0v) is 11.6. The number of nitrogens with one attached hydrogen (secondary N) is 1. The Labute approximate surface area is 115 Å². The third-order valence-corrected chi connectivity index (χ3v) is 3.16. The maximum Gasteiger partial charge on any atom is 0.149 e. The zero-order chi connectivity index (χ0) is 13.1. The number of anilines is 3. The second-order valence-corrected chi connectivity index (χ2v) is 5.01. The molecule has 4 nitrogen and oxygen atoms in total. The van der Waals surface area contributed by atoms with Gasteiger partial charge in [0.15, 0.2) is 0 Å².